The molecule has 6 heteroatoms. The van der Waals surface area contributed by atoms with Crippen LogP contribution in [-0.2, 0) is 10.0 Å². The quantitative estimate of drug-likeness (QED) is 0.704. The van der Waals surface area contributed by atoms with Gasteiger partial charge in [0.25, 0.3) is 0 Å². The lowest BCUT2D eigenvalue weighted by Gasteiger charge is -2.20. The molecule has 0 saturated heterocycles. The number of nitrogens with two attached hydrogens (primary N) is 1. The van der Waals surface area contributed by atoms with Gasteiger partial charge in [0.2, 0.25) is 10.0 Å². The van der Waals surface area contributed by atoms with Crippen LogP contribution in [0.2, 0.25) is 0 Å². The molecule has 1 fully saturated rings. The molecule has 1 aromatic rings. The molecule has 5 nitrogen and oxygen atoms in total. The SMILES string of the molecule is CC(NCC1(CCO)CC1)c1cccc(S(N)(=O)=O)c1. The summed E-state index contributed by atoms with van der Waals surface area (Å²) in [5, 5.41) is 17.6. The Kier molecular flexibility index (Phi) is 4.49. The molecule has 0 spiro atoms. The summed E-state index contributed by atoms with van der Waals surface area (Å²) >= 11 is 0. The zero-order valence-corrected chi connectivity index (χ0v) is 12.5. The van der Waals surface area contributed by atoms with E-state index >= 15 is 0 Å². The molecule has 1 atom stereocenters. The topological polar surface area (TPSA) is 92.4 Å². The van der Waals surface area contributed by atoms with Gasteiger partial charge in [-0.3, -0.25) is 0 Å². The number of nitrogens with one attached hydrogen (secondary N) is 1. The van der Waals surface area contributed by atoms with Crippen molar-refractivity contribution in [1.82, 2.24) is 5.32 Å². The van der Waals surface area contributed by atoms with Gasteiger partial charge in [-0.2, -0.15) is 0 Å². The predicted molar refractivity (Wildman–Crippen MR) is 77.6 cm³/mol. The fourth-order valence-electron chi connectivity index (χ4n) is 2.38. The van der Waals surface area contributed by atoms with Crippen molar-refractivity contribution in [3.05, 3.63) is 29.8 Å². The maximum atomic E-state index is 11.3. The standard InChI is InChI=1S/C14H22N2O3S/c1-11(16-10-14(5-6-14)7-8-17)12-3-2-4-13(9-12)20(15,18)19/h2-4,9,11,16-17H,5-8,10H2,1H3,(H2,15,18,19). The Balaban J connectivity index is 2.01. The van der Waals surface area contributed by atoms with Crippen LogP contribution >= 0.6 is 0 Å². The van der Waals surface area contributed by atoms with Crippen LogP contribution in [0.3, 0.4) is 0 Å². The first-order valence-electron chi connectivity index (χ1n) is 6.83. The van der Waals surface area contributed by atoms with E-state index < -0.39 is 10.0 Å². The number of aliphatic hydroxyl groups excluding tert-OH is 1. The highest BCUT2D eigenvalue weighted by atomic mass is 32.2. The third-order valence-electron chi connectivity index (χ3n) is 4.07. The van der Waals surface area contributed by atoms with Crippen LogP contribution in [0.25, 0.3) is 0 Å². The highest BCUT2D eigenvalue weighted by Gasteiger charge is 2.41. The number of sulfonamides is 1. The average molecular weight is 298 g/mol. The second-order valence-corrected chi connectivity index (χ2v) is 7.26. The minimum Gasteiger partial charge on any atom is -0.396 e. The summed E-state index contributed by atoms with van der Waals surface area (Å²) < 4.78 is 22.7. The van der Waals surface area contributed by atoms with Gasteiger partial charge in [0.15, 0.2) is 0 Å². The number of primary sulfonamides is 1. The fourth-order valence-corrected chi connectivity index (χ4v) is 2.95. The van der Waals surface area contributed by atoms with Gasteiger partial charge in [-0.15, -0.1) is 0 Å². The zero-order chi connectivity index (χ0) is 14.8. The van der Waals surface area contributed by atoms with E-state index in [0.717, 1.165) is 31.4 Å². The van der Waals surface area contributed by atoms with E-state index in [1.807, 2.05) is 13.0 Å². The summed E-state index contributed by atoms with van der Waals surface area (Å²) in [5.74, 6) is 0. The summed E-state index contributed by atoms with van der Waals surface area (Å²) in [7, 11) is -3.66. The van der Waals surface area contributed by atoms with Crippen molar-refractivity contribution in [3.8, 4) is 0 Å². The molecule has 0 aliphatic heterocycles. The summed E-state index contributed by atoms with van der Waals surface area (Å²) in [6, 6.07) is 6.75. The van der Waals surface area contributed by atoms with Gasteiger partial charge < -0.3 is 10.4 Å². The van der Waals surface area contributed by atoms with Crippen molar-refractivity contribution in [2.45, 2.75) is 37.1 Å². The van der Waals surface area contributed by atoms with E-state index in [0.29, 0.717) is 0 Å². The van der Waals surface area contributed by atoms with E-state index in [-0.39, 0.29) is 23.0 Å². The van der Waals surface area contributed by atoms with Crippen LogP contribution in [0.1, 0.15) is 37.8 Å². The highest BCUT2D eigenvalue weighted by molar-refractivity contribution is 7.89. The van der Waals surface area contributed by atoms with Crippen molar-refractivity contribution in [1.29, 1.82) is 0 Å². The van der Waals surface area contributed by atoms with Gasteiger partial charge >= 0.3 is 0 Å². The summed E-state index contributed by atoms with van der Waals surface area (Å²) in [6.45, 7) is 3.06. The molecule has 2 rings (SSSR count). The van der Waals surface area contributed by atoms with E-state index in [1.165, 1.54) is 6.07 Å². The fraction of sp³-hybridized carbons (Fsp3) is 0.571. The lowest BCUT2D eigenvalue weighted by Crippen LogP contribution is -2.27. The highest BCUT2D eigenvalue weighted by Crippen LogP contribution is 2.48. The van der Waals surface area contributed by atoms with Crippen LogP contribution < -0.4 is 10.5 Å². The maximum Gasteiger partial charge on any atom is 0.238 e. The molecular weight excluding hydrogens is 276 g/mol. The number of rotatable bonds is 7. The van der Waals surface area contributed by atoms with Crippen molar-refractivity contribution in [3.63, 3.8) is 0 Å². The number of aliphatic hydroxyl groups is 1. The number of hydrogen-bond donors (Lipinski definition) is 3. The van der Waals surface area contributed by atoms with Crippen molar-refractivity contribution in [2.24, 2.45) is 10.6 Å². The smallest absolute Gasteiger partial charge is 0.238 e. The summed E-state index contributed by atoms with van der Waals surface area (Å²) in [5.41, 5.74) is 1.14. The molecular formula is C14H22N2O3S. The zero-order valence-electron chi connectivity index (χ0n) is 11.7. The number of benzene rings is 1. The molecule has 0 radical (unpaired) electrons. The summed E-state index contributed by atoms with van der Waals surface area (Å²) in [4.78, 5) is 0.139. The van der Waals surface area contributed by atoms with Gasteiger partial charge in [0.05, 0.1) is 4.90 Å². The Labute approximate surface area is 120 Å². The Hall–Kier alpha value is -0.950. The van der Waals surface area contributed by atoms with Crippen LogP contribution in [0.15, 0.2) is 29.2 Å². The van der Waals surface area contributed by atoms with Gasteiger partial charge in [0, 0.05) is 19.2 Å². The molecule has 112 valence electrons. The molecule has 1 aliphatic carbocycles. The third-order valence-corrected chi connectivity index (χ3v) is 4.98. The summed E-state index contributed by atoms with van der Waals surface area (Å²) in [6.07, 6.45) is 3.11. The first-order valence-corrected chi connectivity index (χ1v) is 8.38. The molecule has 0 heterocycles. The monoisotopic (exact) mass is 298 g/mol. The molecule has 4 N–H and O–H groups in total. The van der Waals surface area contributed by atoms with Crippen molar-refractivity contribution < 1.29 is 13.5 Å². The minimum absolute atomic E-state index is 0.0490. The van der Waals surface area contributed by atoms with Gasteiger partial charge in [-0.25, -0.2) is 13.6 Å². The second-order valence-electron chi connectivity index (χ2n) is 5.69. The van der Waals surface area contributed by atoms with Crippen molar-refractivity contribution >= 4 is 10.0 Å². The largest absolute Gasteiger partial charge is 0.396 e. The third kappa shape index (κ3) is 3.79. The lowest BCUT2D eigenvalue weighted by molar-refractivity contribution is 0.243. The van der Waals surface area contributed by atoms with Crippen LogP contribution in [0.4, 0.5) is 0 Å². The Morgan fingerprint density at radius 3 is 2.70 bits per heavy atom. The normalized spacial score (nSPS) is 18.8. The van der Waals surface area contributed by atoms with Gasteiger partial charge in [-0.1, -0.05) is 12.1 Å². The van der Waals surface area contributed by atoms with Crippen LogP contribution in [-0.4, -0.2) is 26.7 Å². The van der Waals surface area contributed by atoms with Crippen molar-refractivity contribution in [2.75, 3.05) is 13.2 Å². The van der Waals surface area contributed by atoms with E-state index in [1.54, 1.807) is 12.1 Å². The molecule has 20 heavy (non-hydrogen) atoms. The van der Waals surface area contributed by atoms with Crippen LogP contribution in [0, 0.1) is 5.41 Å². The predicted octanol–water partition coefficient (Wildman–Crippen LogP) is 1.15. The Morgan fingerprint density at radius 1 is 1.45 bits per heavy atom. The van der Waals surface area contributed by atoms with E-state index in [9.17, 15) is 8.42 Å². The Morgan fingerprint density at radius 2 is 2.15 bits per heavy atom. The molecule has 1 saturated carbocycles. The van der Waals surface area contributed by atoms with Gasteiger partial charge in [0.1, 0.15) is 0 Å². The van der Waals surface area contributed by atoms with E-state index in [4.69, 9.17) is 10.2 Å². The average Bonchev–Trinajstić information content (AvgIpc) is 3.16. The molecule has 0 amide bonds. The Bertz CT molecular complexity index is 568. The second kappa shape index (κ2) is 5.81. The first kappa shape index (κ1) is 15.4. The molecule has 0 bridgehead atoms. The first-order chi connectivity index (χ1) is 9.36. The van der Waals surface area contributed by atoms with Gasteiger partial charge in [-0.05, 0) is 49.3 Å². The minimum atomic E-state index is -3.66. The number of hydrogen-bond acceptors (Lipinski definition) is 4. The molecule has 0 aromatic heterocycles. The molecule has 1 aromatic carbocycles. The van der Waals surface area contributed by atoms with Crippen LogP contribution in [0.5, 0.6) is 0 Å². The maximum absolute atomic E-state index is 11.3. The molecule has 1 unspecified atom stereocenters. The molecule has 1 aliphatic rings. The lowest BCUT2D eigenvalue weighted by atomic mass is 10.0. The van der Waals surface area contributed by atoms with E-state index in [2.05, 4.69) is 5.32 Å².